The standard InChI is InChI=1S/C22H21N3OS/c1-5-25-19-11-13(2)10-14(3)20(19)27-22(25)24-21(26)17-8-9-18-16(12-17)7-6-15(4)23-18/h6-12H,5H2,1-4H3. The third-order valence-corrected chi connectivity index (χ3v) is 5.93. The number of nitrogens with zero attached hydrogens (tertiary/aromatic N) is 3. The highest BCUT2D eigenvalue weighted by Crippen LogP contribution is 2.23. The Labute approximate surface area is 161 Å². The molecule has 0 radical (unpaired) electrons. The van der Waals surface area contributed by atoms with E-state index < -0.39 is 0 Å². The first-order chi connectivity index (χ1) is 13.0. The number of carbonyl (C=O) groups excluding carboxylic acids is 1. The smallest absolute Gasteiger partial charge is 0.279 e. The number of aromatic nitrogens is 2. The quantitative estimate of drug-likeness (QED) is 0.498. The van der Waals surface area contributed by atoms with Crippen LogP contribution in [0, 0.1) is 20.8 Å². The van der Waals surface area contributed by atoms with E-state index in [-0.39, 0.29) is 5.91 Å². The molecule has 0 fully saturated rings. The summed E-state index contributed by atoms with van der Waals surface area (Å²) in [5, 5.41) is 0.952. The van der Waals surface area contributed by atoms with Crippen LogP contribution < -0.4 is 4.80 Å². The molecule has 2 aromatic heterocycles. The third kappa shape index (κ3) is 3.19. The number of aryl methyl sites for hydroxylation is 4. The Kier molecular flexibility index (Phi) is 4.40. The molecule has 0 saturated carbocycles. The molecule has 5 heteroatoms. The number of hydrogen-bond donors (Lipinski definition) is 0. The molecule has 2 heterocycles. The summed E-state index contributed by atoms with van der Waals surface area (Å²) in [6.45, 7) is 9.02. The maximum atomic E-state index is 12.8. The van der Waals surface area contributed by atoms with Gasteiger partial charge in [-0.15, -0.1) is 0 Å². The van der Waals surface area contributed by atoms with Crippen LogP contribution in [-0.4, -0.2) is 15.5 Å². The van der Waals surface area contributed by atoms with Crippen molar-refractivity contribution in [1.82, 2.24) is 9.55 Å². The van der Waals surface area contributed by atoms with E-state index >= 15 is 0 Å². The SMILES string of the molecule is CCn1c(=NC(=O)c2ccc3nc(C)ccc3c2)sc2c(C)cc(C)cc21. The van der Waals surface area contributed by atoms with E-state index in [2.05, 4.69) is 47.4 Å². The van der Waals surface area contributed by atoms with Crippen molar-refractivity contribution in [3.8, 4) is 0 Å². The summed E-state index contributed by atoms with van der Waals surface area (Å²) in [5.41, 5.74) is 6.02. The van der Waals surface area contributed by atoms with E-state index in [4.69, 9.17) is 0 Å². The van der Waals surface area contributed by atoms with Crippen molar-refractivity contribution in [3.05, 3.63) is 69.7 Å². The second kappa shape index (κ2) is 6.74. The van der Waals surface area contributed by atoms with Crippen LogP contribution in [0.3, 0.4) is 0 Å². The summed E-state index contributed by atoms with van der Waals surface area (Å²) in [7, 11) is 0. The van der Waals surface area contributed by atoms with E-state index in [0.29, 0.717) is 5.56 Å². The van der Waals surface area contributed by atoms with Gasteiger partial charge in [0.2, 0.25) is 0 Å². The highest BCUT2D eigenvalue weighted by atomic mass is 32.1. The molecule has 27 heavy (non-hydrogen) atoms. The van der Waals surface area contributed by atoms with Gasteiger partial charge in [0.15, 0.2) is 4.80 Å². The Morgan fingerprint density at radius 2 is 1.93 bits per heavy atom. The molecule has 4 rings (SSSR count). The van der Waals surface area contributed by atoms with E-state index in [1.165, 1.54) is 15.8 Å². The number of thiazole rings is 1. The Balaban J connectivity index is 1.84. The second-order valence-electron chi connectivity index (χ2n) is 6.84. The van der Waals surface area contributed by atoms with Gasteiger partial charge in [-0.1, -0.05) is 23.5 Å². The first-order valence-corrected chi connectivity index (χ1v) is 9.85. The van der Waals surface area contributed by atoms with Crippen molar-refractivity contribution in [1.29, 1.82) is 0 Å². The van der Waals surface area contributed by atoms with E-state index in [0.717, 1.165) is 33.5 Å². The molecule has 0 atom stereocenters. The Hall–Kier alpha value is -2.79. The molecule has 0 unspecified atom stereocenters. The second-order valence-corrected chi connectivity index (χ2v) is 7.81. The Bertz CT molecular complexity index is 1260. The van der Waals surface area contributed by atoms with Crippen molar-refractivity contribution >= 4 is 38.4 Å². The molecule has 136 valence electrons. The molecule has 0 spiro atoms. The zero-order chi connectivity index (χ0) is 19.1. The largest absolute Gasteiger partial charge is 0.317 e. The molecule has 0 aliphatic carbocycles. The van der Waals surface area contributed by atoms with Gasteiger partial charge in [-0.2, -0.15) is 4.99 Å². The molecule has 4 aromatic rings. The van der Waals surface area contributed by atoms with Crippen LogP contribution in [0.2, 0.25) is 0 Å². The fourth-order valence-corrected chi connectivity index (χ4v) is 4.56. The van der Waals surface area contributed by atoms with Gasteiger partial charge in [-0.3, -0.25) is 9.78 Å². The van der Waals surface area contributed by atoms with Crippen molar-refractivity contribution in [3.63, 3.8) is 0 Å². The minimum absolute atomic E-state index is 0.222. The van der Waals surface area contributed by atoms with Crippen LogP contribution in [0.1, 0.15) is 34.1 Å². The van der Waals surface area contributed by atoms with Crippen LogP contribution >= 0.6 is 11.3 Å². The molecular weight excluding hydrogens is 354 g/mol. The fraction of sp³-hybridized carbons (Fsp3) is 0.227. The minimum Gasteiger partial charge on any atom is -0.317 e. The van der Waals surface area contributed by atoms with Crippen LogP contribution in [-0.2, 0) is 6.54 Å². The molecule has 0 aliphatic rings. The fourth-order valence-electron chi connectivity index (χ4n) is 3.42. The first-order valence-electron chi connectivity index (χ1n) is 9.03. The third-order valence-electron chi connectivity index (χ3n) is 4.70. The summed E-state index contributed by atoms with van der Waals surface area (Å²) in [5.74, 6) is -0.222. The van der Waals surface area contributed by atoms with Gasteiger partial charge < -0.3 is 4.57 Å². The summed E-state index contributed by atoms with van der Waals surface area (Å²) in [6.07, 6.45) is 0. The van der Waals surface area contributed by atoms with Gasteiger partial charge in [0.25, 0.3) is 5.91 Å². The van der Waals surface area contributed by atoms with Crippen molar-refractivity contribution < 1.29 is 4.79 Å². The zero-order valence-corrected chi connectivity index (χ0v) is 16.7. The number of hydrogen-bond acceptors (Lipinski definition) is 3. The van der Waals surface area contributed by atoms with E-state index in [1.54, 1.807) is 17.4 Å². The predicted molar refractivity (Wildman–Crippen MR) is 111 cm³/mol. The number of pyridine rings is 1. The first kappa shape index (κ1) is 17.6. The molecule has 2 aromatic carbocycles. The number of fused-ring (bicyclic) bond motifs is 2. The van der Waals surface area contributed by atoms with Crippen LogP contribution in [0.15, 0.2) is 47.5 Å². The summed E-state index contributed by atoms with van der Waals surface area (Å²) in [4.78, 5) is 22.5. The molecule has 0 N–H and O–H groups in total. The maximum Gasteiger partial charge on any atom is 0.279 e. The average Bonchev–Trinajstić information content (AvgIpc) is 2.98. The maximum absolute atomic E-state index is 12.8. The van der Waals surface area contributed by atoms with E-state index in [9.17, 15) is 4.79 Å². The van der Waals surface area contributed by atoms with Gasteiger partial charge in [0, 0.05) is 23.2 Å². The number of rotatable bonds is 2. The topological polar surface area (TPSA) is 47.2 Å². The molecule has 4 nitrogen and oxygen atoms in total. The van der Waals surface area contributed by atoms with Crippen molar-refractivity contribution in [2.75, 3.05) is 0 Å². The van der Waals surface area contributed by atoms with Gasteiger partial charge in [0.05, 0.1) is 15.7 Å². The van der Waals surface area contributed by atoms with E-state index in [1.807, 2.05) is 31.2 Å². The average molecular weight is 375 g/mol. The van der Waals surface area contributed by atoms with Gasteiger partial charge in [-0.25, -0.2) is 0 Å². The molecule has 0 aliphatic heterocycles. The Morgan fingerprint density at radius 1 is 1.11 bits per heavy atom. The normalized spacial score (nSPS) is 12.2. The van der Waals surface area contributed by atoms with Crippen LogP contribution in [0.4, 0.5) is 0 Å². The zero-order valence-electron chi connectivity index (χ0n) is 15.9. The number of amides is 1. The number of benzene rings is 2. The van der Waals surface area contributed by atoms with Gasteiger partial charge in [-0.05, 0) is 69.2 Å². The monoisotopic (exact) mass is 375 g/mol. The molecule has 0 bridgehead atoms. The highest BCUT2D eigenvalue weighted by Gasteiger charge is 2.11. The van der Waals surface area contributed by atoms with Crippen molar-refractivity contribution in [2.45, 2.75) is 34.2 Å². The summed E-state index contributed by atoms with van der Waals surface area (Å²) < 4.78 is 3.30. The van der Waals surface area contributed by atoms with Crippen molar-refractivity contribution in [2.24, 2.45) is 4.99 Å². The van der Waals surface area contributed by atoms with Crippen LogP contribution in [0.25, 0.3) is 21.1 Å². The lowest BCUT2D eigenvalue weighted by molar-refractivity contribution is 0.0998. The Morgan fingerprint density at radius 3 is 2.70 bits per heavy atom. The lowest BCUT2D eigenvalue weighted by Crippen LogP contribution is -2.15. The lowest BCUT2D eigenvalue weighted by atomic mass is 10.1. The van der Waals surface area contributed by atoms with Crippen LogP contribution in [0.5, 0.6) is 0 Å². The summed E-state index contributed by atoms with van der Waals surface area (Å²) in [6, 6.07) is 13.8. The highest BCUT2D eigenvalue weighted by molar-refractivity contribution is 7.16. The molecular formula is C22H21N3OS. The predicted octanol–water partition coefficient (Wildman–Crippen LogP) is 4.94. The van der Waals surface area contributed by atoms with Gasteiger partial charge in [0.1, 0.15) is 0 Å². The summed E-state index contributed by atoms with van der Waals surface area (Å²) >= 11 is 1.58. The number of carbonyl (C=O) groups is 1. The molecule has 1 amide bonds. The molecule has 0 saturated heterocycles. The van der Waals surface area contributed by atoms with Gasteiger partial charge >= 0.3 is 0 Å². The minimum atomic E-state index is -0.222. The lowest BCUT2D eigenvalue weighted by Gasteiger charge is -2.03.